The molecule has 0 aliphatic carbocycles. The smallest absolute Gasteiger partial charge is 0.239 e. The number of hydrogen-bond donors (Lipinski definition) is 1. The zero-order chi connectivity index (χ0) is 14.4. The average molecular weight is 284 g/mol. The zero-order valence-electron chi connectivity index (χ0n) is 12.6. The molecule has 116 valence electrons. The lowest BCUT2D eigenvalue weighted by Crippen LogP contribution is -2.52. The number of nitrogens with zero attached hydrogens (tertiary/aromatic N) is 1. The second-order valence-corrected chi connectivity index (χ2v) is 5.93. The van der Waals surface area contributed by atoms with E-state index in [0.717, 1.165) is 65.2 Å². The van der Waals surface area contributed by atoms with Crippen molar-refractivity contribution in [2.45, 2.75) is 38.6 Å². The molecule has 2 unspecified atom stereocenters. The molecule has 0 aromatic rings. The Hall–Kier alpha value is -0.650. The monoisotopic (exact) mass is 284 g/mol. The van der Waals surface area contributed by atoms with E-state index in [9.17, 15) is 4.79 Å². The van der Waals surface area contributed by atoms with E-state index < -0.39 is 0 Å². The molecule has 5 nitrogen and oxygen atoms in total. The van der Waals surface area contributed by atoms with Gasteiger partial charge in [0, 0.05) is 32.9 Å². The van der Waals surface area contributed by atoms with Crippen LogP contribution in [0.5, 0.6) is 0 Å². The topological polar surface area (TPSA) is 64.8 Å². The number of amides is 1. The Morgan fingerprint density at radius 2 is 2.15 bits per heavy atom. The van der Waals surface area contributed by atoms with Gasteiger partial charge in [0.15, 0.2) is 0 Å². The predicted octanol–water partition coefficient (Wildman–Crippen LogP) is 1.02. The van der Waals surface area contributed by atoms with E-state index in [1.807, 2.05) is 11.8 Å². The number of ether oxygens (including phenoxy) is 2. The van der Waals surface area contributed by atoms with Gasteiger partial charge in [-0.15, -0.1) is 0 Å². The Bertz CT molecular complexity index is 305. The van der Waals surface area contributed by atoms with E-state index in [0.29, 0.717) is 5.92 Å². The molecule has 2 fully saturated rings. The molecule has 0 radical (unpaired) electrons. The second kappa shape index (κ2) is 7.96. The van der Waals surface area contributed by atoms with E-state index in [1.165, 1.54) is 0 Å². The van der Waals surface area contributed by atoms with Gasteiger partial charge < -0.3 is 20.1 Å². The SMILES string of the molecule is CCOCC1CCCN(C(=O)C(N)C2CCOCC2)C1. The van der Waals surface area contributed by atoms with Gasteiger partial charge in [-0.1, -0.05) is 0 Å². The number of likely N-dealkylation sites (tertiary alicyclic amines) is 1. The number of nitrogens with two attached hydrogens (primary N) is 1. The maximum absolute atomic E-state index is 12.5. The summed E-state index contributed by atoms with van der Waals surface area (Å²) >= 11 is 0. The van der Waals surface area contributed by atoms with Crippen LogP contribution in [-0.2, 0) is 14.3 Å². The van der Waals surface area contributed by atoms with Gasteiger partial charge >= 0.3 is 0 Å². The summed E-state index contributed by atoms with van der Waals surface area (Å²) in [5.74, 6) is 0.871. The first-order chi connectivity index (χ1) is 9.72. The second-order valence-electron chi connectivity index (χ2n) is 5.93. The summed E-state index contributed by atoms with van der Waals surface area (Å²) in [6.07, 6.45) is 4.02. The molecule has 0 aromatic heterocycles. The van der Waals surface area contributed by atoms with Crippen molar-refractivity contribution >= 4 is 5.91 Å². The molecule has 0 saturated carbocycles. The molecule has 0 aromatic carbocycles. The maximum atomic E-state index is 12.5. The summed E-state index contributed by atoms with van der Waals surface area (Å²) in [4.78, 5) is 14.5. The number of hydrogen-bond acceptors (Lipinski definition) is 4. The van der Waals surface area contributed by atoms with Crippen LogP contribution in [0.25, 0.3) is 0 Å². The van der Waals surface area contributed by atoms with Crippen molar-refractivity contribution in [1.82, 2.24) is 4.90 Å². The fourth-order valence-corrected chi connectivity index (χ4v) is 3.17. The van der Waals surface area contributed by atoms with Crippen LogP contribution in [0.15, 0.2) is 0 Å². The first-order valence-electron chi connectivity index (χ1n) is 7.92. The van der Waals surface area contributed by atoms with Crippen LogP contribution in [-0.4, -0.2) is 56.4 Å². The maximum Gasteiger partial charge on any atom is 0.239 e. The number of carbonyl (C=O) groups excluding carboxylic acids is 1. The third-order valence-electron chi connectivity index (χ3n) is 4.45. The highest BCUT2D eigenvalue weighted by Crippen LogP contribution is 2.22. The molecule has 1 amide bonds. The minimum atomic E-state index is -0.357. The molecular formula is C15H28N2O3. The van der Waals surface area contributed by atoms with E-state index in [-0.39, 0.29) is 17.9 Å². The van der Waals surface area contributed by atoms with Crippen molar-refractivity contribution in [2.24, 2.45) is 17.6 Å². The van der Waals surface area contributed by atoms with Crippen LogP contribution in [0.2, 0.25) is 0 Å². The number of carbonyl (C=O) groups is 1. The molecule has 5 heteroatoms. The quantitative estimate of drug-likeness (QED) is 0.818. The normalized spacial score (nSPS) is 26.5. The van der Waals surface area contributed by atoms with E-state index in [4.69, 9.17) is 15.2 Å². The lowest BCUT2D eigenvalue weighted by molar-refractivity contribution is -0.137. The van der Waals surface area contributed by atoms with Crippen molar-refractivity contribution in [3.63, 3.8) is 0 Å². The molecule has 2 N–H and O–H groups in total. The molecule has 2 rings (SSSR count). The summed E-state index contributed by atoms with van der Waals surface area (Å²) < 4.78 is 10.8. The van der Waals surface area contributed by atoms with Gasteiger partial charge in [-0.05, 0) is 44.4 Å². The van der Waals surface area contributed by atoms with E-state index in [1.54, 1.807) is 0 Å². The van der Waals surface area contributed by atoms with Crippen molar-refractivity contribution in [3.8, 4) is 0 Å². The van der Waals surface area contributed by atoms with Gasteiger partial charge in [-0.3, -0.25) is 4.79 Å². The lowest BCUT2D eigenvalue weighted by atomic mass is 9.90. The Labute approximate surface area is 121 Å². The van der Waals surface area contributed by atoms with Crippen molar-refractivity contribution in [2.75, 3.05) is 39.5 Å². The van der Waals surface area contributed by atoms with Crippen molar-refractivity contribution in [3.05, 3.63) is 0 Å². The van der Waals surface area contributed by atoms with Crippen LogP contribution in [0.1, 0.15) is 32.6 Å². The summed E-state index contributed by atoms with van der Waals surface area (Å²) in [7, 11) is 0. The van der Waals surface area contributed by atoms with Crippen molar-refractivity contribution in [1.29, 1.82) is 0 Å². The molecule has 2 atom stereocenters. The van der Waals surface area contributed by atoms with Crippen LogP contribution < -0.4 is 5.73 Å². The van der Waals surface area contributed by atoms with Gasteiger partial charge in [-0.25, -0.2) is 0 Å². The van der Waals surface area contributed by atoms with Gasteiger partial charge in [0.05, 0.1) is 12.6 Å². The Morgan fingerprint density at radius 1 is 1.40 bits per heavy atom. The van der Waals surface area contributed by atoms with E-state index >= 15 is 0 Å². The highest BCUT2D eigenvalue weighted by molar-refractivity contribution is 5.82. The summed E-state index contributed by atoms with van der Waals surface area (Å²) in [5, 5.41) is 0. The Kier molecular flexibility index (Phi) is 6.26. The standard InChI is InChI=1S/C15H28N2O3/c1-2-19-11-12-4-3-7-17(10-12)15(18)14(16)13-5-8-20-9-6-13/h12-14H,2-11,16H2,1H3. The molecule has 0 spiro atoms. The molecule has 2 heterocycles. The first kappa shape index (κ1) is 15.7. The van der Waals surface area contributed by atoms with Gasteiger partial charge in [0.2, 0.25) is 5.91 Å². The number of rotatable bonds is 5. The average Bonchev–Trinajstić information content (AvgIpc) is 2.52. The highest BCUT2D eigenvalue weighted by atomic mass is 16.5. The molecule has 2 aliphatic rings. The fraction of sp³-hybridized carbons (Fsp3) is 0.933. The fourth-order valence-electron chi connectivity index (χ4n) is 3.17. The molecule has 20 heavy (non-hydrogen) atoms. The van der Waals surface area contributed by atoms with Crippen LogP contribution in [0.3, 0.4) is 0 Å². The van der Waals surface area contributed by atoms with E-state index in [2.05, 4.69) is 0 Å². The third-order valence-corrected chi connectivity index (χ3v) is 4.45. The largest absolute Gasteiger partial charge is 0.381 e. The summed E-state index contributed by atoms with van der Waals surface area (Å²) in [6, 6.07) is -0.357. The minimum absolute atomic E-state index is 0.123. The first-order valence-corrected chi connectivity index (χ1v) is 7.92. The van der Waals surface area contributed by atoms with Crippen molar-refractivity contribution < 1.29 is 14.3 Å². The van der Waals surface area contributed by atoms with Crippen LogP contribution >= 0.6 is 0 Å². The summed E-state index contributed by atoms with van der Waals surface area (Å²) in [5.41, 5.74) is 6.19. The minimum Gasteiger partial charge on any atom is -0.381 e. The van der Waals surface area contributed by atoms with Crippen LogP contribution in [0, 0.1) is 11.8 Å². The van der Waals surface area contributed by atoms with Gasteiger partial charge in [-0.2, -0.15) is 0 Å². The third kappa shape index (κ3) is 4.17. The Morgan fingerprint density at radius 3 is 2.85 bits per heavy atom. The number of piperidine rings is 1. The zero-order valence-corrected chi connectivity index (χ0v) is 12.6. The molecule has 2 saturated heterocycles. The predicted molar refractivity (Wildman–Crippen MR) is 77.3 cm³/mol. The molecule has 2 aliphatic heterocycles. The molecular weight excluding hydrogens is 256 g/mol. The summed E-state index contributed by atoms with van der Waals surface area (Å²) in [6.45, 7) is 6.62. The highest BCUT2D eigenvalue weighted by Gasteiger charge is 2.32. The van der Waals surface area contributed by atoms with Gasteiger partial charge in [0.25, 0.3) is 0 Å². The Balaban J connectivity index is 1.83. The van der Waals surface area contributed by atoms with Crippen LogP contribution in [0.4, 0.5) is 0 Å². The van der Waals surface area contributed by atoms with Gasteiger partial charge in [0.1, 0.15) is 0 Å². The molecule has 0 bridgehead atoms. The lowest BCUT2D eigenvalue weighted by Gasteiger charge is -2.36.